The molecular formula is C14H21ClN4O2. The summed E-state index contributed by atoms with van der Waals surface area (Å²) in [7, 11) is 1.72. The predicted molar refractivity (Wildman–Crippen MR) is 82.6 cm³/mol. The Balaban J connectivity index is 2.08. The van der Waals surface area contributed by atoms with Gasteiger partial charge in [-0.05, 0) is 25.7 Å². The molecule has 0 aliphatic heterocycles. The molecule has 2 rings (SSSR count). The van der Waals surface area contributed by atoms with Gasteiger partial charge in [0, 0.05) is 20.1 Å². The van der Waals surface area contributed by atoms with Crippen molar-refractivity contribution in [1.29, 1.82) is 0 Å². The van der Waals surface area contributed by atoms with Crippen molar-refractivity contribution in [2.75, 3.05) is 25.5 Å². The number of nitrogens with zero attached hydrogens (tertiary/aromatic N) is 3. The smallest absolute Gasteiger partial charge is 0.291 e. The van der Waals surface area contributed by atoms with Crippen LogP contribution in [0.3, 0.4) is 0 Å². The second-order valence-corrected chi connectivity index (χ2v) is 5.82. The number of rotatable bonds is 6. The number of anilines is 1. The average Bonchev–Trinajstić information content (AvgIpc) is 2.43. The second kappa shape index (κ2) is 6.93. The Kier molecular flexibility index (Phi) is 5.22. The van der Waals surface area contributed by atoms with Crippen molar-refractivity contribution in [1.82, 2.24) is 14.7 Å². The van der Waals surface area contributed by atoms with Crippen LogP contribution in [0.1, 0.15) is 26.2 Å². The van der Waals surface area contributed by atoms with Crippen molar-refractivity contribution in [3.63, 3.8) is 0 Å². The Bertz CT molecular complexity index is 569. The maximum absolute atomic E-state index is 12.3. The van der Waals surface area contributed by atoms with Gasteiger partial charge in [-0.2, -0.15) is 5.10 Å². The lowest BCUT2D eigenvalue weighted by atomic mass is 9.85. The molecule has 0 saturated heterocycles. The van der Waals surface area contributed by atoms with Gasteiger partial charge in [-0.1, -0.05) is 18.0 Å². The van der Waals surface area contributed by atoms with Crippen LogP contribution in [-0.2, 0) is 11.3 Å². The van der Waals surface area contributed by atoms with Gasteiger partial charge in [0.15, 0.2) is 0 Å². The summed E-state index contributed by atoms with van der Waals surface area (Å²) in [5.74, 6) is 0.437. The lowest BCUT2D eigenvalue weighted by Gasteiger charge is -2.25. The zero-order chi connectivity index (χ0) is 15.4. The number of amides is 1. The fourth-order valence-electron chi connectivity index (χ4n) is 2.15. The van der Waals surface area contributed by atoms with E-state index < -0.39 is 0 Å². The normalized spacial score (nSPS) is 14.6. The molecule has 1 N–H and O–H groups in total. The molecule has 1 aromatic rings. The van der Waals surface area contributed by atoms with Gasteiger partial charge in [0.05, 0.1) is 17.8 Å². The minimum Gasteiger partial charge on any atom is -0.370 e. The zero-order valence-corrected chi connectivity index (χ0v) is 13.2. The summed E-state index contributed by atoms with van der Waals surface area (Å²) in [5.41, 5.74) is -0.00908. The first-order valence-corrected chi connectivity index (χ1v) is 7.64. The van der Waals surface area contributed by atoms with Crippen LogP contribution in [0.4, 0.5) is 5.69 Å². The number of hydrogen-bond acceptors (Lipinski definition) is 4. The van der Waals surface area contributed by atoms with Crippen LogP contribution < -0.4 is 10.9 Å². The van der Waals surface area contributed by atoms with E-state index in [4.69, 9.17) is 11.6 Å². The molecule has 0 unspecified atom stereocenters. The predicted octanol–water partition coefficient (Wildman–Crippen LogP) is 1.59. The Morgan fingerprint density at radius 1 is 1.57 bits per heavy atom. The van der Waals surface area contributed by atoms with Crippen molar-refractivity contribution < 1.29 is 4.79 Å². The molecule has 1 saturated carbocycles. The molecule has 0 radical (unpaired) electrons. The fraction of sp³-hybridized carbons (Fsp3) is 0.643. The molecule has 1 heterocycles. The van der Waals surface area contributed by atoms with Crippen LogP contribution in [0, 0.1) is 5.92 Å². The van der Waals surface area contributed by atoms with E-state index in [0.29, 0.717) is 19.0 Å². The van der Waals surface area contributed by atoms with Crippen molar-refractivity contribution in [3.8, 4) is 0 Å². The van der Waals surface area contributed by atoms with E-state index in [1.54, 1.807) is 11.9 Å². The summed E-state index contributed by atoms with van der Waals surface area (Å²) in [5, 5.41) is 7.17. The van der Waals surface area contributed by atoms with Gasteiger partial charge >= 0.3 is 0 Å². The molecule has 1 fully saturated rings. The number of nitrogens with one attached hydrogen (secondary N) is 1. The Morgan fingerprint density at radius 2 is 2.29 bits per heavy atom. The van der Waals surface area contributed by atoms with Crippen molar-refractivity contribution in [3.05, 3.63) is 21.6 Å². The molecule has 0 bridgehead atoms. The summed E-state index contributed by atoms with van der Waals surface area (Å²) in [6, 6.07) is 0. The third-order valence-electron chi connectivity index (χ3n) is 3.97. The first-order chi connectivity index (χ1) is 10.0. The van der Waals surface area contributed by atoms with E-state index in [2.05, 4.69) is 10.4 Å². The van der Waals surface area contributed by atoms with Gasteiger partial charge in [0.1, 0.15) is 5.69 Å². The van der Waals surface area contributed by atoms with Crippen molar-refractivity contribution >= 4 is 23.2 Å². The third kappa shape index (κ3) is 3.75. The van der Waals surface area contributed by atoms with E-state index in [1.165, 1.54) is 17.3 Å². The molecule has 1 aliphatic carbocycles. The molecule has 0 aromatic carbocycles. The Morgan fingerprint density at radius 3 is 2.86 bits per heavy atom. The minimum atomic E-state index is -0.263. The standard InChI is InChI=1S/C14H21ClN4O2/c1-3-18(2)12(20)8-16-13-11(15)7-17-19(14(13)21)9-10-5-4-6-10/h7,10,16H,3-6,8-9H2,1-2H3. The topological polar surface area (TPSA) is 67.2 Å². The maximum Gasteiger partial charge on any atom is 0.291 e. The molecule has 6 nitrogen and oxygen atoms in total. The van der Waals surface area contributed by atoms with Gasteiger partial charge in [0.2, 0.25) is 5.91 Å². The van der Waals surface area contributed by atoms with Crippen LogP contribution in [0.15, 0.2) is 11.0 Å². The highest BCUT2D eigenvalue weighted by Gasteiger charge is 2.20. The highest BCUT2D eigenvalue weighted by atomic mass is 35.5. The van der Waals surface area contributed by atoms with Crippen LogP contribution in [-0.4, -0.2) is 40.7 Å². The molecular weight excluding hydrogens is 292 g/mol. The number of likely N-dealkylation sites (N-methyl/N-ethyl adjacent to an activating group) is 1. The zero-order valence-electron chi connectivity index (χ0n) is 12.4. The number of halogens is 1. The number of carbonyl (C=O) groups is 1. The van der Waals surface area contributed by atoms with E-state index in [1.807, 2.05) is 6.92 Å². The van der Waals surface area contributed by atoms with Crippen LogP contribution in [0.25, 0.3) is 0 Å². The van der Waals surface area contributed by atoms with Gasteiger partial charge in [0.25, 0.3) is 5.56 Å². The number of hydrogen-bond donors (Lipinski definition) is 1. The van der Waals surface area contributed by atoms with Gasteiger partial charge in [-0.3, -0.25) is 9.59 Å². The van der Waals surface area contributed by atoms with E-state index in [9.17, 15) is 9.59 Å². The molecule has 1 amide bonds. The number of carbonyl (C=O) groups excluding carboxylic acids is 1. The lowest BCUT2D eigenvalue weighted by Crippen LogP contribution is -2.35. The highest BCUT2D eigenvalue weighted by molar-refractivity contribution is 6.33. The van der Waals surface area contributed by atoms with Crippen molar-refractivity contribution in [2.45, 2.75) is 32.7 Å². The summed E-state index contributed by atoms with van der Waals surface area (Å²) >= 11 is 6.02. The summed E-state index contributed by atoms with van der Waals surface area (Å²) in [6.07, 6.45) is 4.95. The highest BCUT2D eigenvalue weighted by Crippen LogP contribution is 2.27. The molecule has 1 aromatic heterocycles. The van der Waals surface area contributed by atoms with Gasteiger partial charge < -0.3 is 10.2 Å². The molecule has 1 aliphatic rings. The summed E-state index contributed by atoms with van der Waals surface area (Å²) in [6.45, 7) is 3.18. The van der Waals surface area contributed by atoms with E-state index >= 15 is 0 Å². The molecule has 116 valence electrons. The maximum atomic E-state index is 12.3. The summed E-state index contributed by atoms with van der Waals surface area (Å²) in [4.78, 5) is 25.7. The van der Waals surface area contributed by atoms with Gasteiger partial charge in [-0.25, -0.2) is 4.68 Å². The Labute approximate surface area is 129 Å². The molecule has 7 heteroatoms. The van der Waals surface area contributed by atoms with Crippen LogP contribution in [0.2, 0.25) is 5.02 Å². The first-order valence-electron chi connectivity index (χ1n) is 7.26. The van der Waals surface area contributed by atoms with E-state index in [0.717, 1.165) is 12.8 Å². The monoisotopic (exact) mass is 312 g/mol. The van der Waals surface area contributed by atoms with Crippen LogP contribution in [0.5, 0.6) is 0 Å². The fourth-order valence-corrected chi connectivity index (χ4v) is 2.35. The average molecular weight is 313 g/mol. The lowest BCUT2D eigenvalue weighted by molar-refractivity contribution is -0.127. The quantitative estimate of drug-likeness (QED) is 0.866. The largest absolute Gasteiger partial charge is 0.370 e. The summed E-state index contributed by atoms with van der Waals surface area (Å²) < 4.78 is 1.44. The first kappa shape index (κ1) is 15.8. The van der Waals surface area contributed by atoms with Gasteiger partial charge in [-0.15, -0.1) is 0 Å². The molecule has 0 spiro atoms. The second-order valence-electron chi connectivity index (χ2n) is 5.41. The molecule has 0 atom stereocenters. The minimum absolute atomic E-state index is 0.0484. The number of aromatic nitrogens is 2. The third-order valence-corrected chi connectivity index (χ3v) is 4.26. The molecule has 21 heavy (non-hydrogen) atoms. The van der Waals surface area contributed by atoms with Crippen molar-refractivity contribution in [2.24, 2.45) is 5.92 Å². The Hall–Kier alpha value is -1.56. The van der Waals surface area contributed by atoms with Crippen LogP contribution >= 0.6 is 11.6 Å². The SMILES string of the molecule is CCN(C)C(=O)CNc1c(Cl)cnn(CC2CCC2)c1=O. The van der Waals surface area contributed by atoms with E-state index in [-0.39, 0.29) is 28.7 Å².